The van der Waals surface area contributed by atoms with E-state index in [0.717, 1.165) is 11.1 Å². The number of nitrogens with one attached hydrogen (secondary N) is 2. The first-order valence-electron chi connectivity index (χ1n) is 7.63. The smallest absolute Gasteiger partial charge is 0.258 e. The van der Waals surface area contributed by atoms with E-state index in [9.17, 15) is 4.79 Å². The molecule has 2 aromatic carbocycles. The first kappa shape index (κ1) is 16.5. The number of carbonyl (C=O) groups excluding carboxylic acids is 1. The molecule has 1 amide bonds. The van der Waals surface area contributed by atoms with E-state index in [0.29, 0.717) is 22.9 Å². The minimum atomic E-state index is -0.266. The predicted molar refractivity (Wildman–Crippen MR) is 94.1 cm³/mol. The maximum Gasteiger partial charge on any atom is 0.258 e. The highest BCUT2D eigenvalue weighted by molar-refractivity contribution is 6.03. The van der Waals surface area contributed by atoms with E-state index in [1.807, 2.05) is 25.1 Å². The number of hydrogen-bond donors (Lipinski definition) is 2. The maximum atomic E-state index is 12.2. The lowest BCUT2D eigenvalue weighted by Gasteiger charge is -2.07. The third-order valence-electron chi connectivity index (χ3n) is 3.68. The molecule has 0 spiro atoms. The van der Waals surface area contributed by atoms with Crippen LogP contribution >= 0.6 is 0 Å². The SMILES string of the molecule is COc1ccc(-c2nc(NC(=O)c3ccc(C)cc3)n[nH]2)cc1OC. The summed E-state index contributed by atoms with van der Waals surface area (Å²) in [4.78, 5) is 16.5. The summed E-state index contributed by atoms with van der Waals surface area (Å²) in [6.45, 7) is 1.96. The molecule has 128 valence electrons. The number of amides is 1. The Balaban J connectivity index is 1.78. The molecule has 0 saturated carbocycles. The summed E-state index contributed by atoms with van der Waals surface area (Å²) in [6, 6.07) is 12.7. The monoisotopic (exact) mass is 338 g/mol. The molecule has 1 heterocycles. The molecule has 0 atom stereocenters. The van der Waals surface area contributed by atoms with Crippen molar-refractivity contribution in [2.45, 2.75) is 6.92 Å². The first-order valence-corrected chi connectivity index (χ1v) is 7.63. The van der Waals surface area contributed by atoms with Gasteiger partial charge in [-0.05, 0) is 37.3 Å². The molecule has 0 fully saturated rings. The van der Waals surface area contributed by atoms with Gasteiger partial charge in [0.1, 0.15) is 0 Å². The molecule has 1 aromatic heterocycles. The van der Waals surface area contributed by atoms with E-state index in [1.165, 1.54) is 0 Å². The lowest BCUT2D eigenvalue weighted by Crippen LogP contribution is -2.12. The van der Waals surface area contributed by atoms with Gasteiger partial charge in [-0.3, -0.25) is 15.2 Å². The maximum absolute atomic E-state index is 12.2. The Morgan fingerprint density at radius 1 is 1.04 bits per heavy atom. The van der Waals surface area contributed by atoms with Crippen LogP contribution in [0.5, 0.6) is 11.5 Å². The molecule has 7 heteroatoms. The second-order valence-corrected chi connectivity index (χ2v) is 5.40. The number of aryl methyl sites for hydroxylation is 1. The van der Waals surface area contributed by atoms with Gasteiger partial charge in [0.15, 0.2) is 17.3 Å². The second kappa shape index (κ2) is 7.04. The van der Waals surface area contributed by atoms with Crippen LogP contribution in [0.25, 0.3) is 11.4 Å². The van der Waals surface area contributed by atoms with Crippen molar-refractivity contribution in [1.29, 1.82) is 0 Å². The minimum Gasteiger partial charge on any atom is -0.493 e. The number of carbonyl (C=O) groups is 1. The Morgan fingerprint density at radius 2 is 1.76 bits per heavy atom. The molecule has 0 bridgehead atoms. The molecule has 2 N–H and O–H groups in total. The average molecular weight is 338 g/mol. The summed E-state index contributed by atoms with van der Waals surface area (Å²) >= 11 is 0. The van der Waals surface area contributed by atoms with Gasteiger partial charge in [0, 0.05) is 11.1 Å². The highest BCUT2D eigenvalue weighted by Gasteiger charge is 2.12. The number of hydrogen-bond acceptors (Lipinski definition) is 5. The van der Waals surface area contributed by atoms with E-state index in [4.69, 9.17) is 9.47 Å². The number of aromatic nitrogens is 3. The summed E-state index contributed by atoms with van der Waals surface area (Å²) < 4.78 is 10.5. The van der Waals surface area contributed by atoms with Gasteiger partial charge in [-0.25, -0.2) is 0 Å². The summed E-state index contributed by atoms with van der Waals surface area (Å²) in [7, 11) is 3.14. The Bertz CT molecular complexity index is 888. The van der Waals surface area contributed by atoms with Crippen LogP contribution in [0.15, 0.2) is 42.5 Å². The standard InChI is InChI=1S/C18H18N4O3/c1-11-4-6-12(7-5-11)17(23)20-18-19-16(21-22-18)13-8-9-14(24-2)15(10-13)25-3/h4-10H,1-3H3,(H2,19,20,21,22,23). The zero-order valence-corrected chi connectivity index (χ0v) is 14.2. The molecular formula is C18H18N4O3. The van der Waals surface area contributed by atoms with Crippen LogP contribution in [0.1, 0.15) is 15.9 Å². The van der Waals surface area contributed by atoms with Crippen LogP contribution < -0.4 is 14.8 Å². The van der Waals surface area contributed by atoms with Crippen molar-refractivity contribution < 1.29 is 14.3 Å². The third kappa shape index (κ3) is 3.60. The zero-order valence-electron chi connectivity index (χ0n) is 14.2. The molecule has 0 radical (unpaired) electrons. The van der Waals surface area contributed by atoms with Crippen LogP contribution in [0.4, 0.5) is 5.95 Å². The molecule has 0 aliphatic heterocycles. The molecule has 0 aliphatic carbocycles. The Kier molecular flexibility index (Phi) is 4.65. The Labute approximate surface area is 145 Å². The summed E-state index contributed by atoms with van der Waals surface area (Å²) in [5.74, 6) is 1.66. The normalized spacial score (nSPS) is 10.4. The fraction of sp³-hybridized carbons (Fsp3) is 0.167. The van der Waals surface area contributed by atoms with Gasteiger partial charge >= 0.3 is 0 Å². The molecular weight excluding hydrogens is 320 g/mol. The van der Waals surface area contributed by atoms with Crippen LogP contribution in [-0.2, 0) is 0 Å². The van der Waals surface area contributed by atoms with Crippen molar-refractivity contribution in [3.8, 4) is 22.9 Å². The van der Waals surface area contributed by atoms with E-state index < -0.39 is 0 Å². The summed E-state index contributed by atoms with van der Waals surface area (Å²) in [5.41, 5.74) is 2.40. The number of benzene rings is 2. The highest BCUT2D eigenvalue weighted by atomic mass is 16.5. The highest BCUT2D eigenvalue weighted by Crippen LogP contribution is 2.31. The lowest BCUT2D eigenvalue weighted by atomic mass is 10.1. The fourth-order valence-electron chi connectivity index (χ4n) is 2.31. The number of aromatic amines is 1. The van der Waals surface area contributed by atoms with E-state index in [-0.39, 0.29) is 11.9 Å². The number of nitrogens with zero attached hydrogens (tertiary/aromatic N) is 2. The lowest BCUT2D eigenvalue weighted by molar-refractivity contribution is 0.102. The Morgan fingerprint density at radius 3 is 2.44 bits per heavy atom. The molecule has 25 heavy (non-hydrogen) atoms. The van der Waals surface area contributed by atoms with Crippen LogP contribution in [0.2, 0.25) is 0 Å². The van der Waals surface area contributed by atoms with Crippen LogP contribution in [-0.4, -0.2) is 35.3 Å². The minimum absolute atomic E-state index is 0.204. The molecule has 0 aliphatic rings. The van der Waals surface area contributed by atoms with E-state index in [1.54, 1.807) is 38.5 Å². The van der Waals surface area contributed by atoms with Gasteiger partial charge in [0.05, 0.1) is 14.2 Å². The summed E-state index contributed by atoms with van der Waals surface area (Å²) in [5, 5.41) is 9.51. The zero-order chi connectivity index (χ0) is 17.8. The Hall–Kier alpha value is -3.35. The number of H-pyrrole nitrogens is 1. The van der Waals surface area contributed by atoms with E-state index in [2.05, 4.69) is 20.5 Å². The van der Waals surface area contributed by atoms with Gasteiger partial charge < -0.3 is 9.47 Å². The number of ether oxygens (including phenoxy) is 2. The van der Waals surface area contributed by atoms with Crippen LogP contribution in [0.3, 0.4) is 0 Å². The fourth-order valence-corrected chi connectivity index (χ4v) is 2.31. The van der Waals surface area contributed by atoms with Crippen molar-refractivity contribution in [3.63, 3.8) is 0 Å². The molecule has 7 nitrogen and oxygen atoms in total. The van der Waals surface area contributed by atoms with Gasteiger partial charge in [0.2, 0.25) is 5.95 Å². The van der Waals surface area contributed by atoms with E-state index >= 15 is 0 Å². The average Bonchev–Trinajstić information content (AvgIpc) is 3.10. The number of anilines is 1. The number of methoxy groups -OCH3 is 2. The first-order chi connectivity index (χ1) is 12.1. The topological polar surface area (TPSA) is 89.1 Å². The van der Waals surface area contributed by atoms with Crippen molar-refractivity contribution in [2.24, 2.45) is 0 Å². The predicted octanol–water partition coefficient (Wildman–Crippen LogP) is 3.05. The third-order valence-corrected chi connectivity index (χ3v) is 3.68. The summed E-state index contributed by atoms with van der Waals surface area (Å²) in [6.07, 6.45) is 0. The van der Waals surface area contributed by atoms with Gasteiger partial charge in [-0.1, -0.05) is 17.7 Å². The molecule has 0 unspecified atom stereocenters. The second-order valence-electron chi connectivity index (χ2n) is 5.40. The van der Waals surface area contributed by atoms with Crippen molar-refractivity contribution >= 4 is 11.9 Å². The number of rotatable bonds is 5. The van der Waals surface area contributed by atoms with Crippen molar-refractivity contribution in [3.05, 3.63) is 53.6 Å². The van der Waals surface area contributed by atoms with Crippen molar-refractivity contribution in [2.75, 3.05) is 19.5 Å². The van der Waals surface area contributed by atoms with Gasteiger partial charge in [-0.2, -0.15) is 4.98 Å². The molecule has 3 aromatic rings. The molecule has 3 rings (SSSR count). The van der Waals surface area contributed by atoms with Crippen molar-refractivity contribution in [1.82, 2.24) is 15.2 Å². The van der Waals surface area contributed by atoms with Gasteiger partial charge in [0.25, 0.3) is 5.91 Å². The largest absolute Gasteiger partial charge is 0.493 e. The quantitative estimate of drug-likeness (QED) is 0.746. The molecule has 0 saturated heterocycles. The van der Waals surface area contributed by atoms with Crippen LogP contribution in [0, 0.1) is 6.92 Å². The van der Waals surface area contributed by atoms with Gasteiger partial charge in [-0.15, -0.1) is 5.10 Å².